The second-order valence-corrected chi connectivity index (χ2v) is 14.1. The molecule has 0 aliphatic carbocycles. The Labute approximate surface area is 274 Å². The van der Waals surface area contributed by atoms with Crippen LogP contribution in [0, 0.1) is 30.6 Å². The van der Waals surface area contributed by atoms with Gasteiger partial charge >= 0.3 is 5.97 Å². The number of carboxylic acids is 1. The van der Waals surface area contributed by atoms with Crippen LogP contribution in [0.5, 0.6) is 5.75 Å². The first-order valence-electron chi connectivity index (χ1n) is 17.1. The zero-order valence-corrected chi connectivity index (χ0v) is 29.2. The fourth-order valence-corrected chi connectivity index (χ4v) is 7.89. The van der Waals surface area contributed by atoms with Gasteiger partial charge < -0.3 is 35.2 Å². The molecule has 2 fully saturated rings. The molecule has 0 saturated carbocycles. The molecule has 2 heterocycles. The number of aromatic hydroxyl groups is 1. The van der Waals surface area contributed by atoms with Crippen LogP contribution in [-0.4, -0.2) is 73.7 Å². The quantitative estimate of drug-likeness (QED) is 0.157. The number of ether oxygens (including phenoxy) is 2. The molecule has 260 valence electrons. The summed E-state index contributed by atoms with van der Waals surface area (Å²) in [5, 5.41) is 45.4. The third-order valence-electron chi connectivity index (χ3n) is 11.1. The lowest BCUT2D eigenvalue weighted by Crippen LogP contribution is -2.55. The van der Waals surface area contributed by atoms with E-state index in [4.69, 9.17) is 9.47 Å². The number of aliphatic hydroxyl groups excluding tert-OH is 1. The van der Waals surface area contributed by atoms with Crippen molar-refractivity contribution in [3.8, 4) is 5.75 Å². The van der Waals surface area contributed by atoms with E-state index >= 15 is 0 Å². The molecule has 0 radical (unpaired) electrons. The van der Waals surface area contributed by atoms with Gasteiger partial charge in [0, 0.05) is 24.4 Å². The maximum Gasteiger partial charge on any atom is 0.339 e. The van der Waals surface area contributed by atoms with Gasteiger partial charge in [0.1, 0.15) is 17.1 Å². The Kier molecular flexibility index (Phi) is 12.5. The van der Waals surface area contributed by atoms with Crippen LogP contribution in [-0.2, 0) is 25.5 Å². The minimum atomic E-state index is -1.31. The second kappa shape index (κ2) is 15.1. The molecule has 2 aliphatic rings. The first kappa shape index (κ1) is 37.9. The molecule has 10 heteroatoms. The van der Waals surface area contributed by atoms with Gasteiger partial charge in [-0.2, -0.15) is 0 Å². The van der Waals surface area contributed by atoms with E-state index in [1.54, 1.807) is 19.9 Å². The average molecular weight is 648 g/mol. The van der Waals surface area contributed by atoms with Crippen molar-refractivity contribution in [2.75, 3.05) is 5.32 Å². The van der Waals surface area contributed by atoms with E-state index < -0.39 is 41.0 Å². The number of amides is 1. The van der Waals surface area contributed by atoms with Crippen LogP contribution in [0.15, 0.2) is 6.07 Å². The van der Waals surface area contributed by atoms with E-state index in [-0.39, 0.29) is 59.2 Å². The monoisotopic (exact) mass is 647 g/mol. The van der Waals surface area contributed by atoms with E-state index in [9.17, 15) is 34.8 Å². The van der Waals surface area contributed by atoms with Crippen molar-refractivity contribution in [1.82, 2.24) is 0 Å². The second-order valence-electron chi connectivity index (χ2n) is 14.1. The number of carbonyl (C=O) groups excluding carboxylic acids is 2. The molecule has 10 nitrogen and oxygen atoms in total. The van der Waals surface area contributed by atoms with Crippen LogP contribution in [0.4, 0.5) is 5.69 Å². The molecule has 2 aliphatic heterocycles. The zero-order chi connectivity index (χ0) is 34.7. The SMILES string of the molecule is CCC(C(=O)C(C)C(O)C(C)CCc1c(NC(C)=O)cc(C)c(O)c1C(=O)O)C1OC(CC)(C2CCC(O)(CC)C(C)O2)CC1C. The highest BCUT2D eigenvalue weighted by atomic mass is 16.6. The van der Waals surface area contributed by atoms with Crippen LogP contribution in [0.25, 0.3) is 0 Å². The van der Waals surface area contributed by atoms with Crippen molar-refractivity contribution < 1.29 is 44.3 Å². The molecule has 0 spiro atoms. The minimum absolute atomic E-state index is 0.0676. The van der Waals surface area contributed by atoms with Gasteiger partial charge in [-0.25, -0.2) is 4.79 Å². The number of hydrogen-bond donors (Lipinski definition) is 5. The summed E-state index contributed by atoms with van der Waals surface area (Å²) in [6.07, 6.45) is 2.63. The average Bonchev–Trinajstić information content (AvgIpc) is 3.35. The number of Topliss-reactive ketones (excluding diaryl/α,β-unsaturated/α-hetero) is 1. The van der Waals surface area contributed by atoms with E-state index in [1.807, 2.05) is 27.7 Å². The molecule has 3 rings (SSSR count). The molecular formula is C36H57NO9. The Morgan fingerprint density at radius 3 is 2.30 bits per heavy atom. The Bertz CT molecular complexity index is 1270. The molecular weight excluding hydrogens is 590 g/mol. The molecule has 10 atom stereocenters. The molecule has 1 aromatic rings. The van der Waals surface area contributed by atoms with Crippen LogP contribution in [0.3, 0.4) is 0 Å². The Balaban J connectivity index is 1.75. The van der Waals surface area contributed by atoms with E-state index in [2.05, 4.69) is 19.2 Å². The molecule has 1 aromatic carbocycles. The Morgan fingerprint density at radius 2 is 1.78 bits per heavy atom. The van der Waals surface area contributed by atoms with Crippen molar-refractivity contribution in [2.45, 2.75) is 149 Å². The molecule has 46 heavy (non-hydrogen) atoms. The lowest BCUT2D eigenvalue weighted by Gasteiger charge is -2.47. The van der Waals surface area contributed by atoms with Crippen LogP contribution in [0.2, 0.25) is 0 Å². The number of ketones is 1. The van der Waals surface area contributed by atoms with Gasteiger partial charge in [0.25, 0.3) is 0 Å². The van der Waals surface area contributed by atoms with E-state index in [0.29, 0.717) is 43.4 Å². The maximum absolute atomic E-state index is 14.0. The molecule has 2 saturated heterocycles. The van der Waals surface area contributed by atoms with Crippen molar-refractivity contribution in [1.29, 1.82) is 0 Å². The zero-order valence-electron chi connectivity index (χ0n) is 29.2. The minimum Gasteiger partial charge on any atom is -0.507 e. The van der Waals surface area contributed by atoms with Crippen molar-refractivity contribution in [2.24, 2.45) is 23.7 Å². The number of hydrogen-bond acceptors (Lipinski definition) is 8. The molecule has 0 aromatic heterocycles. The number of anilines is 1. The van der Waals surface area contributed by atoms with Gasteiger partial charge in [-0.05, 0) is 94.2 Å². The largest absolute Gasteiger partial charge is 0.507 e. The van der Waals surface area contributed by atoms with E-state index in [0.717, 1.165) is 12.8 Å². The van der Waals surface area contributed by atoms with E-state index in [1.165, 1.54) is 6.92 Å². The lowest BCUT2D eigenvalue weighted by molar-refractivity contribution is -0.229. The van der Waals surface area contributed by atoms with Gasteiger partial charge in [0.2, 0.25) is 5.91 Å². The Morgan fingerprint density at radius 1 is 1.13 bits per heavy atom. The fraction of sp³-hybridized carbons (Fsp3) is 0.750. The van der Waals surface area contributed by atoms with Crippen LogP contribution in [0.1, 0.15) is 122 Å². The standard InChI is InChI=1S/C36H57NO9/c1-10-25(33-21(6)18-36(12-3,46-33)28-15-16-35(44,11-2)23(8)45-28)32(41)22(7)30(39)19(4)13-14-26-27(37-24(9)38)17-20(5)31(40)29(26)34(42)43/h17,19,21-23,25,28,30,33,39-40,44H,10-16,18H2,1-9H3,(H,37,38)(H,42,43). The summed E-state index contributed by atoms with van der Waals surface area (Å²) in [4.78, 5) is 38.0. The summed E-state index contributed by atoms with van der Waals surface area (Å²) >= 11 is 0. The first-order valence-corrected chi connectivity index (χ1v) is 17.1. The third kappa shape index (κ3) is 7.61. The highest BCUT2D eigenvalue weighted by Gasteiger charge is 2.55. The number of aromatic carboxylic acids is 1. The van der Waals surface area contributed by atoms with Gasteiger partial charge in [-0.3, -0.25) is 9.59 Å². The summed E-state index contributed by atoms with van der Waals surface area (Å²) in [7, 11) is 0. The third-order valence-corrected chi connectivity index (χ3v) is 11.1. The number of phenols is 1. The molecule has 10 unspecified atom stereocenters. The molecule has 1 amide bonds. The summed E-state index contributed by atoms with van der Waals surface area (Å²) in [5.74, 6) is -3.53. The normalized spacial score (nSPS) is 30.8. The topological polar surface area (TPSA) is 163 Å². The number of rotatable bonds is 14. The molecule has 5 N–H and O–H groups in total. The smallest absolute Gasteiger partial charge is 0.339 e. The van der Waals surface area contributed by atoms with Gasteiger partial charge in [0.05, 0.1) is 35.6 Å². The number of nitrogens with one attached hydrogen (secondary N) is 1. The first-order chi connectivity index (χ1) is 21.5. The summed E-state index contributed by atoms with van der Waals surface area (Å²) in [6, 6.07) is 1.54. The molecule has 0 bridgehead atoms. The number of carbonyl (C=O) groups is 3. The number of aryl methyl sites for hydroxylation is 1. The summed E-state index contributed by atoms with van der Waals surface area (Å²) < 4.78 is 13.3. The van der Waals surface area contributed by atoms with Gasteiger partial charge in [0.15, 0.2) is 0 Å². The van der Waals surface area contributed by atoms with Crippen LogP contribution < -0.4 is 5.32 Å². The lowest BCUT2D eigenvalue weighted by atomic mass is 9.76. The maximum atomic E-state index is 14.0. The predicted octanol–water partition coefficient (Wildman–Crippen LogP) is 5.80. The van der Waals surface area contributed by atoms with Crippen molar-refractivity contribution >= 4 is 23.3 Å². The van der Waals surface area contributed by atoms with Gasteiger partial charge in [-0.1, -0.05) is 41.5 Å². The predicted molar refractivity (Wildman–Crippen MR) is 176 cm³/mol. The summed E-state index contributed by atoms with van der Waals surface area (Å²) in [6.45, 7) is 16.5. The number of aliphatic hydroxyl groups is 2. The van der Waals surface area contributed by atoms with Gasteiger partial charge in [-0.15, -0.1) is 0 Å². The number of benzene rings is 1. The highest BCUT2D eigenvalue weighted by Crippen LogP contribution is 2.48. The van der Waals surface area contributed by atoms with Crippen molar-refractivity contribution in [3.05, 3.63) is 22.8 Å². The van der Waals surface area contributed by atoms with Crippen molar-refractivity contribution in [3.63, 3.8) is 0 Å². The number of carboxylic acid groups (broad SMARTS) is 1. The Hall–Kier alpha value is -2.53. The summed E-state index contributed by atoms with van der Waals surface area (Å²) in [5.41, 5.74) is -0.771. The highest BCUT2D eigenvalue weighted by molar-refractivity contribution is 5.98. The van der Waals surface area contributed by atoms with Crippen LogP contribution >= 0.6 is 0 Å². The fourth-order valence-electron chi connectivity index (χ4n) is 7.89.